The molecule has 0 aromatic rings. The van der Waals surface area contributed by atoms with Gasteiger partial charge in [-0.3, -0.25) is 0 Å². The van der Waals surface area contributed by atoms with Crippen LogP contribution >= 0.6 is 0 Å². The van der Waals surface area contributed by atoms with Gasteiger partial charge in [-0.1, -0.05) is 192 Å². The monoisotopic (exact) mass is 637 g/mol. The lowest BCUT2D eigenvalue weighted by molar-refractivity contribution is 0.173. The van der Waals surface area contributed by atoms with Crippen LogP contribution in [0.15, 0.2) is 12.2 Å². The van der Waals surface area contributed by atoms with Crippen molar-refractivity contribution in [3.05, 3.63) is 12.2 Å². The van der Waals surface area contributed by atoms with Crippen LogP contribution in [-0.2, 0) is 0 Å². The molecule has 0 amide bonds. The molecular weight excluding hydrogens is 540 g/mol. The molecule has 0 aromatic carbocycles. The van der Waals surface area contributed by atoms with Gasteiger partial charge in [-0.15, -0.1) is 0 Å². The first-order chi connectivity index (χ1) is 19.0. The van der Waals surface area contributed by atoms with E-state index in [0.717, 1.165) is 0 Å². The Bertz CT molecular complexity index is 685. The van der Waals surface area contributed by atoms with E-state index in [0.29, 0.717) is 48.7 Å². The van der Waals surface area contributed by atoms with E-state index in [1.807, 2.05) is 0 Å². The molecule has 0 heteroatoms. The fourth-order valence-corrected chi connectivity index (χ4v) is 5.45. The zero-order valence-electron chi connectivity index (χ0n) is 37.3. The molecule has 0 saturated heterocycles. The van der Waals surface area contributed by atoms with Gasteiger partial charge < -0.3 is 0 Å². The summed E-state index contributed by atoms with van der Waals surface area (Å²) < 4.78 is 0. The summed E-state index contributed by atoms with van der Waals surface area (Å²) in [7, 11) is 0. The summed E-state index contributed by atoms with van der Waals surface area (Å²) in [6.45, 7) is 60.0. The molecular formula is C45H96. The van der Waals surface area contributed by atoms with Crippen molar-refractivity contribution in [1.82, 2.24) is 0 Å². The second-order valence-corrected chi connectivity index (χ2v) is 24.9. The quantitative estimate of drug-likeness (QED) is 0.254. The van der Waals surface area contributed by atoms with Gasteiger partial charge in [0.25, 0.3) is 0 Å². The van der Waals surface area contributed by atoms with Gasteiger partial charge in [0, 0.05) is 0 Å². The molecule has 0 aromatic heterocycles. The standard InChI is InChI=1S/C14H30.C12H24.C10H22.C9H20/c1-12(2,3)9-10-14(7,8)11-13(4,5)6;1-11(2,3)9-7-8-10-12(4,5)6;1-9(2,3)7-8-10(4,5)6;1-8(2,3)7-9(4,5)6/h9-11H2,1-8H3;7-8H,9-10H2,1-6H3;7-8H2,1-6H3;7H2,1-6H3/b;8-7-;;. The van der Waals surface area contributed by atoms with Crippen LogP contribution in [-0.4, -0.2) is 0 Å². The van der Waals surface area contributed by atoms with Crippen LogP contribution in [0.2, 0.25) is 0 Å². The highest BCUT2D eigenvalue weighted by Gasteiger charge is 2.27. The zero-order chi connectivity index (χ0) is 37.6. The van der Waals surface area contributed by atoms with Crippen LogP contribution in [0.1, 0.15) is 231 Å². The molecule has 0 radical (unpaired) electrons. The van der Waals surface area contributed by atoms with E-state index in [4.69, 9.17) is 0 Å². The molecule has 0 rings (SSSR count). The Hall–Kier alpha value is -0.260. The van der Waals surface area contributed by atoms with Crippen LogP contribution in [0, 0.1) is 48.7 Å². The molecule has 0 unspecified atom stereocenters. The predicted molar refractivity (Wildman–Crippen MR) is 215 cm³/mol. The average Bonchev–Trinajstić information content (AvgIpc) is 2.62. The van der Waals surface area contributed by atoms with Crippen LogP contribution in [0.3, 0.4) is 0 Å². The Balaban J connectivity index is -0.000000253. The third kappa shape index (κ3) is 63.1. The highest BCUT2D eigenvalue weighted by Crippen LogP contribution is 2.39. The summed E-state index contributed by atoms with van der Waals surface area (Å²) in [6, 6.07) is 0. The summed E-state index contributed by atoms with van der Waals surface area (Å²) in [5.74, 6) is 0. The molecule has 0 N–H and O–H groups in total. The summed E-state index contributed by atoms with van der Waals surface area (Å²) in [5, 5.41) is 0. The second-order valence-electron chi connectivity index (χ2n) is 24.9. The summed E-state index contributed by atoms with van der Waals surface area (Å²) in [5.41, 5.74) is 4.29. The van der Waals surface area contributed by atoms with Crippen molar-refractivity contribution >= 4 is 0 Å². The van der Waals surface area contributed by atoms with Gasteiger partial charge in [-0.2, -0.15) is 0 Å². The van der Waals surface area contributed by atoms with Crippen molar-refractivity contribution in [2.75, 3.05) is 0 Å². The fourth-order valence-electron chi connectivity index (χ4n) is 5.45. The highest BCUT2D eigenvalue weighted by molar-refractivity contribution is 4.88. The lowest BCUT2D eigenvalue weighted by atomic mass is 9.71. The topological polar surface area (TPSA) is 0 Å². The predicted octanol–water partition coefficient (Wildman–Crippen LogP) is 17.0. The summed E-state index contributed by atoms with van der Waals surface area (Å²) in [4.78, 5) is 0. The minimum atomic E-state index is 0.439. The molecule has 0 fully saturated rings. The summed E-state index contributed by atoms with van der Waals surface area (Å²) in [6.07, 6.45) is 14.9. The van der Waals surface area contributed by atoms with Gasteiger partial charge in [0.05, 0.1) is 0 Å². The van der Waals surface area contributed by atoms with E-state index < -0.39 is 0 Å². The Kier molecular flexibility index (Phi) is 22.5. The van der Waals surface area contributed by atoms with Gasteiger partial charge in [0.1, 0.15) is 0 Å². The van der Waals surface area contributed by atoms with E-state index >= 15 is 0 Å². The van der Waals surface area contributed by atoms with Gasteiger partial charge in [0.15, 0.2) is 0 Å². The van der Waals surface area contributed by atoms with Crippen molar-refractivity contribution in [3.8, 4) is 0 Å². The maximum absolute atomic E-state index is 2.41. The lowest BCUT2D eigenvalue weighted by Gasteiger charge is -2.34. The minimum absolute atomic E-state index is 0.439. The molecule has 0 bridgehead atoms. The van der Waals surface area contributed by atoms with Crippen LogP contribution in [0.25, 0.3) is 0 Å². The van der Waals surface area contributed by atoms with E-state index in [-0.39, 0.29) is 0 Å². The van der Waals surface area contributed by atoms with E-state index in [2.05, 4.69) is 192 Å². The molecule has 0 spiro atoms. The largest absolute Gasteiger partial charge is 0.0880 e. The summed E-state index contributed by atoms with van der Waals surface area (Å²) >= 11 is 0. The maximum Gasteiger partial charge on any atom is -0.0302 e. The minimum Gasteiger partial charge on any atom is -0.0880 e. The van der Waals surface area contributed by atoms with Crippen molar-refractivity contribution in [1.29, 1.82) is 0 Å². The Morgan fingerprint density at radius 2 is 0.467 bits per heavy atom. The molecule has 0 heterocycles. The third-order valence-electron chi connectivity index (χ3n) is 6.87. The first-order valence-electron chi connectivity index (χ1n) is 18.7. The van der Waals surface area contributed by atoms with Crippen molar-refractivity contribution < 1.29 is 0 Å². The Morgan fingerprint density at radius 1 is 0.244 bits per heavy atom. The van der Waals surface area contributed by atoms with E-state index in [1.54, 1.807) is 0 Å². The molecule has 45 heavy (non-hydrogen) atoms. The van der Waals surface area contributed by atoms with Gasteiger partial charge >= 0.3 is 0 Å². The number of hydrogen-bond donors (Lipinski definition) is 0. The number of rotatable bonds is 6. The normalized spacial score (nSPS) is 14.2. The molecule has 0 aliphatic heterocycles. The fraction of sp³-hybridized carbons (Fsp3) is 0.956. The SMILES string of the molecule is CC(C)(C)C/C=C\CC(C)(C)C.CC(C)(C)CC(C)(C)C.CC(C)(C)CCC(C)(C)C.CC(C)(C)CCC(C)(C)CC(C)(C)C. The van der Waals surface area contributed by atoms with E-state index in [9.17, 15) is 0 Å². The van der Waals surface area contributed by atoms with E-state index in [1.165, 1.54) is 51.4 Å². The van der Waals surface area contributed by atoms with Crippen LogP contribution in [0.5, 0.6) is 0 Å². The van der Waals surface area contributed by atoms with Crippen LogP contribution in [0.4, 0.5) is 0 Å². The Morgan fingerprint density at radius 3 is 0.622 bits per heavy atom. The number of allylic oxidation sites excluding steroid dienone is 2. The first kappa shape index (κ1) is 51.6. The zero-order valence-corrected chi connectivity index (χ0v) is 37.3. The molecule has 276 valence electrons. The van der Waals surface area contributed by atoms with Gasteiger partial charge in [-0.25, -0.2) is 0 Å². The second kappa shape index (κ2) is 19.7. The Labute approximate surface area is 291 Å². The lowest BCUT2D eigenvalue weighted by Crippen LogP contribution is -2.22. The first-order valence-corrected chi connectivity index (χ1v) is 18.7. The van der Waals surface area contributed by atoms with Crippen molar-refractivity contribution in [2.45, 2.75) is 231 Å². The maximum atomic E-state index is 2.41. The van der Waals surface area contributed by atoms with Gasteiger partial charge in [0.2, 0.25) is 0 Å². The molecule has 0 nitrogen and oxygen atoms in total. The van der Waals surface area contributed by atoms with Gasteiger partial charge in [-0.05, 0) is 100 Å². The highest BCUT2D eigenvalue weighted by atomic mass is 14.3. The number of hydrogen-bond acceptors (Lipinski definition) is 0. The molecule has 0 atom stereocenters. The van der Waals surface area contributed by atoms with Crippen molar-refractivity contribution in [3.63, 3.8) is 0 Å². The molecule has 0 aliphatic carbocycles. The molecule has 0 saturated carbocycles. The average molecular weight is 637 g/mol. The smallest absolute Gasteiger partial charge is 0.0302 e. The molecule has 0 aliphatic rings. The van der Waals surface area contributed by atoms with Crippen molar-refractivity contribution in [2.24, 2.45) is 48.7 Å². The van der Waals surface area contributed by atoms with Crippen LogP contribution < -0.4 is 0 Å². The third-order valence-corrected chi connectivity index (χ3v) is 6.87.